The van der Waals surface area contributed by atoms with Gasteiger partial charge in [0.25, 0.3) is 0 Å². The second-order valence-corrected chi connectivity index (χ2v) is 5.35. The molecule has 4 rings (SSSR count). The molecule has 2 atom stereocenters. The highest BCUT2D eigenvalue weighted by Gasteiger charge is 2.43. The Morgan fingerprint density at radius 1 is 1.00 bits per heavy atom. The van der Waals surface area contributed by atoms with Crippen molar-refractivity contribution in [3.63, 3.8) is 0 Å². The third kappa shape index (κ3) is 1.63. The Labute approximate surface area is 117 Å². The first kappa shape index (κ1) is 11.5. The van der Waals surface area contributed by atoms with Crippen LogP contribution in [0.1, 0.15) is 22.7 Å². The van der Waals surface area contributed by atoms with E-state index in [2.05, 4.69) is 30.3 Å². The molecule has 1 amide bonds. The molecular weight excluding hydrogens is 250 g/mol. The number of hydrogen-bond acceptors (Lipinski definition) is 2. The van der Waals surface area contributed by atoms with Crippen molar-refractivity contribution < 1.29 is 9.53 Å². The number of fused-ring (bicyclic) bond motifs is 2. The minimum absolute atomic E-state index is 0.0267. The highest BCUT2D eigenvalue weighted by molar-refractivity contribution is 5.72. The lowest BCUT2D eigenvalue weighted by Gasteiger charge is -2.37. The van der Waals surface area contributed by atoms with E-state index in [-0.39, 0.29) is 18.2 Å². The summed E-state index contributed by atoms with van der Waals surface area (Å²) in [6, 6.07) is 18.7. The summed E-state index contributed by atoms with van der Waals surface area (Å²) < 4.78 is 5.27. The number of amides is 1. The average Bonchev–Trinajstić information content (AvgIpc) is 2.87. The lowest BCUT2D eigenvalue weighted by Crippen LogP contribution is -2.42. The molecule has 1 saturated heterocycles. The summed E-state index contributed by atoms with van der Waals surface area (Å²) in [5.41, 5.74) is 3.68. The summed E-state index contributed by atoms with van der Waals surface area (Å²) in [6.45, 7) is 0.497. The van der Waals surface area contributed by atoms with Gasteiger partial charge in [0.1, 0.15) is 6.61 Å². The van der Waals surface area contributed by atoms with Gasteiger partial charge in [0.15, 0.2) is 0 Å². The van der Waals surface area contributed by atoms with Crippen LogP contribution in [0.5, 0.6) is 0 Å². The molecule has 2 aliphatic heterocycles. The molecule has 0 N–H and O–H groups in total. The number of cyclic esters (lactones) is 1. The summed E-state index contributed by atoms with van der Waals surface area (Å²) in [7, 11) is 0. The largest absolute Gasteiger partial charge is 0.447 e. The van der Waals surface area contributed by atoms with Gasteiger partial charge in [-0.05, 0) is 23.1 Å². The fourth-order valence-corrected chi connectivity index (χ4v) is 3.31. The van der Waals surface area contributed by atoms with E-state index in [0.717, 1.165) is 12.0 Å². The summed E-state index contributed by atoms with van der Waals surface area (Å²) >= 11 is 0. The molecule has 1 fully saturated rings. The third-order valence-corrected chi connectivity index (χ3v) is 4.20. The Morgan fingerprint density at radius 3 is 2.60 bits per heavy atom. The molecule has 0 aromatic heterocycles. The maximum Gasteiger partial charge on any atom is 0.411 e. The van der Waals surface area contributed by atoms with E-state index in [1.165, 1.54) is 11.1 Å². The Morgan fingerprint density at radius 2 is 1.75 bits per heavy atom. The number of carbonyl (C=O) groups is 1. The van der Waals surface area contributed by atoms with Gasteiger partial charge in [-0.1, -0.05) is 54.6 Å². The van der Waals surface area contributed by atoms with Crippen molar-refractivity contribution in [3.05, 3.63) is 71.3 Å². The van der Waals surface area contributed by atoms with Gasteiger partial charge in [-0.25, -0.2) is 4.79 Å². The zero-order valence-corrected chi connectivity index (χ0v) is 11.0. The molecule has 0 radical (unpaired) electrons. The van der Waals surface area contributed by atoms with Crippen LogP contribution < -0.4 is 0 Å². The first-order valence-corrected chi connectivity index (χ1v) is 6.92. The molecular formula is C17H15NO2. The average molecular weight is 265 g/mol. The highest BCUT2D eigenvalue weighted by Crippen LogP contribution is 2.40. The predicted molar refractivity (Wildman–Crippen MR) is 75.4 cm³/mol. The second kappa shape index (κ2) is 4.37. The summed E-state index contributed by atoms with van der Waals surface area (Å²) in [4.78, 5) is 14.0. The number of benzene rings is 2. The van der Waals surface area contributed by atoms with Crippen molar-refractivity contribution >= 4 is 6.09 Å². The summed E-state index contributed by atoms with van der Waals surface area (Å²) in [6.07, 6.45) is 0.684. The van der Waals surface area contributed by atoms with Crippen LogP contribution >= 0.6 is 0 Å². The van der Waals surface area contributed by atoms with E-state index in [1.54, 1.807) is 0 Å². The van der Waals surface area contributed by atoms with Crippen molar-refractivity contribution in [2.45, 2.75) is 18.5 Å². The van der Waals surface area contributed by atoms with E-state index >= 15 is 0 Å². The van der Waals surface area contributed by atoms with Gasteiger partial charge >= 0.3 is 6.09 Å². The van der Waals surface area contributed by atoms with Crippen molar-refractivity contribution in [2.75, 3.05) is 6.61 Å². The number of nitrogens with zero attached hydrogens (tertiary/aromatic N) is 1. The van der Waals surface area contributed by atoms with Crippen LogP contribution in [0.15, 0.2) is 54.6 Å². The van der Waals surface area contributed by atoms with E-state index in [9.17, 15) is 4.79 Å². The molecule has 100 valence electrons. The Balaban J connectivity index is 1.90. The van der Waals surface area contributed by atoms with Gasteiger partial charge in [0.2, 0.25) is 0 Å². The summed E-state index contributed by atoms with van der Waals surface area (Å²) in [5, 5.41) is 0. The molecule has 2 aromatic carbocycles. The van der Waals surface area contributed by atoms with Crippen molar-refractivity contribution in [2.24, 2.45) is 0 Å². The molecule has 2 heterocycles. The Kier molecular flexibility index (Phi) is 2.52. The first-order chi connectivity index (χ1) is 9.84. The molecule has 2 aliphatic rings. The van der Waals surface area contributed by atoms with E-state index < -0.39 is 0 Å². The lowest BCUT2D eigenvalue weighted by molar-refractivity contribution is 0.148. The zero-order chi connectivity index (χ0) is 13.5. The fourth-order valence-electron chi connectivity index (χ4n) is 3.31. The molecule has 0 bridgehead atoms. The molecule has 0 saturated carbocycles. The second-order valence-electron chi connectivity index (χ2n) is 5.35. The molecule has 0 aliphatic carbocycles. The van der Waals surface area contributed by atoms with Crippen molar-refractivity contribution in [3.8, 4) is 0 Å². The van der Waals surface area contributed by atoms with Crippen LogP contribution in [0.25, 0.3) is 0 Å². The van der Waals surface area contributed by atoms with Gasteiger partial charge in [-0.3, -0.25) is 4.90 Å². The van der Waals surface area contributed by atoms with Crippen LogP contribution in [-0.4, -0.2) is 23.6 Å². The Bertz CT molecular complexity index is 653. The molecule has 0 spiro atoms. The van der Waals surface area contributed by atoms with Gasteiger partial charge in [-0.15, -0.1) is 0 Å². The van der Waals surface area contributed by atoms with E-state index in [1.807, 2.05) is 29.2 Å². The van der Waals surface area contributed by atoms with Crippen molar-refractivity contribution in [1.29, 1.82) is 0 Å². The number of ether oxygens (including phenoxy) is 1. The van der Waals surface area contributed by atoms with Gasteiger partial charge < -0.3 is 4.74 Å². The monoisotopic (exact) mass is 265 g/mol. The van der Waals surface area contributed by atoms with Crippen LogP contribution in [-0.2, 0) is 11.2 Å². The number of hydrogen-bond donors (Lipinski definition) is 0. The van der Waals surface area contributed by atoms with Crippen LogP contribution in [0.3, 0.4) is 0 Å². The minimum atomic E-state index is -0.196. The Hall–Kier alpha value is -2.29. The molecule has 2 unspecified atom stereocenters. The molecule has 2 aromatic rings. The van der Waals surface area contributed by atoms with Gasteiger partial charge in [0.05, 0.1) is 12.1 Å². The maximum absolute atomic E-state index is 12.1. The van der Waals surface area contributed by atoms with Crippen LogP contribution in [0, 0.1) is 0 Å². The van der Waals surface area contributed by atoms with Gasteiger partial charge in [-0.2, -0.15) is 0 Å². The molecule has 3 heteroatoms. The molecule has 3 nitrogen and oxygen atoms in total. The highest BCUT2D eigenvalue weighted by atomic mass is 16.6. The third-order valence-electron chi connectivity index (χ3n) is 4.20. The SMILES string of the molecule is O=C1OCC2Cc3ccccc3C(c3ccccc3)N12. The van der Waals surface area contributed by atoms with E-state index in [0.29, 0.717) is 6.61 Å². The van der Waals surface area contributed by atoms with Crippen molar-refractivity contribution in [1.82, 2.24) is 4.90 Å². The van der Waals surface area contributed by atoms with Gasteiger partial charge in [0, 0.05) is 0 Å². The van der Waals surface area contributed by atoms with Crippen LogP contribution in [0.2, 0.25) is 0 Å². The normalized spacial score (nSPS) is 24.0. The minimum Gasteiger partial charge on any atom is -0.447 e. The van der Waals surface area contributed by atoms with E-state index in [4.69, 9.17) is 4.74 Å². The fraction of sp³-hybridized carbons (Fsp3) is 0.235. The first-order valence-electron chi connectivity index (χ1n) is 6.92. The number of carbonyl (C=O) groups excluding carboxylic acids is 1. The molecule has 20 heavy (non-hydrogen) atoms. The van der Waals surface area contributed by atoms with Crippen LogP contribution in [0.4, 0.5) is 4.79 Å². The smallest absolute Gasteiger partial charge is 0.411 e. The summed E-state index contributed by atoms with van der Waals surface area (Å²) in [5.74, 6) is 0. The topological polar surface area (TPSA) is 29.5 Å². The lowest BCUT2D eigenvalue weighted by atomic mass is 9.85. The standard InChI is InChI=1S/C17H15NO2/c19-17-18-14(11-20-17)10-13-8-4-5-9-15(13)16(18)12-6-2-1-3-7-12/h1-9,14,16H,10-11H2. The quantitative estimate of drug-likeness (QED) is 0.792. The number of rotatable bonds is 1. The predicted octanol–water partition coefficient (Wildman–Crippen LogP) is 3.15. The zero-order valence-electron chi connectivity index (χ0n) is 11.0. The maximum atomic E-state index is 12.1.